The highest BCUT2D eigenvalue weighted by Crippen LogP contribution is 2.07. The maximum atomic E-state index is 12.0. The van der Waals surface area contributed by atoms with E-state index in [9.17, 15) is 13.8 Å². The summed E-state index contributed by atoms with van der Waals surface area (Å²) in [6, 6.07) is 8.33. The van der Waals surface area contributed by atoms with Crippen molar-refractivity contribution in [1.29, 1.82) is 0 Å². The second-order valence-electron chi connectivity index (χ2n) is 6.02. The number of alkyl carbamates (subject to hydrolysis) is 1. The van der Waals surface area contributed by atoms with Crippen molar-refractivity contribution in [2.45, 2.75) is 44.2 Å². The van der Waals surface area contributed by atoms with E-state index in [0.29, 0.717) is 5.75 Å². The molecular weight excluding hydrogens is 316 g/mol. The van der Waals surface area contributed by atoms with E-state index in [4.69, 9.17) is 4.74 Å². The van der Waals surface area contributed by atoms with Crippen LogP contribution in [0.4, 0.5) is 4.79 Å². The second-order valence-corrected chi connectivity index (χ2v) is 7.59. The first-order valence-corrected chi connectivity index (χ1v) is 8.71. The molecule has 128 valence electrons. The summed E-state index contributed by atoms with van der Waals surface area (Å²) in [5, 5.41) is 5.11. The summed E-state index contributed by atoms with van der Waals surface area (Å²) in [5.41, 5.74) is -0.618. The van der Waals surface area contributed by atoms with Gasteiger partial charge in [-0.25, -0.2) is 4.79 Å². The minimum absolute atomic E-state index is 0.265. The molecule has 23 heavy (non-hydrogen) atoms. The Morgan fingerprint density at radius 3 is 2.39 bits per heavy atom. The predicted octanol–water partition coefficient (Wildman–Crippen LogP) is 1.82. The predicted molar refractivity (Wildman–Crippen MR) is 89.6 cm³/mol. The molecule has 0 aliphatic carbocycles. The van der Waals surface area contributed by atoms with Gasteiger partial charge >= 0.3 is 6.09 Å². The fourth-order valence-electron chi connectivity index (χ4n) is 1.66. The van der Waals surface area contributed by atoms with E-state index in [1.54, 1.807) is 39.8 Å². The van der Waals surface area contributed by atoms with Gasteiger partial charge in [0, 0.05) is 17.2 Å². The molecule has 0 bridgehead atoms. The Morgan fingerprint density at radius 1 is 1.22 bits per heavy atom. The Morgan fingerprint density at radius 2 is 1.83 bits per heavy atom. The first-order chi connectivity index (χ1) is 10.7. The third-order valence-corrected chi connectivity index (χ3v) is 4.09. The largest absolute Gasteiger partial charge is 0.444 e. The fourth-order valence-corrected chi connectivity index (χ4v) is 2.64. The third-order valence-electron chi connectivity index (χ3n) is 2.72. The highest BCUT2D eigenvalue weighted by atomic mass is 32.2. The Kier molecular flexibility index (Phi) is 7.22. The lowest BCUT2D eigenvalue weighted by Gasteiger charge is -2.21. The molecule has 1 aromatic carbocycles. The van der Waals surface area contributed by atoms with Crippen LogP contribution in [-0.2, 0) is 20.3 Å². The molecular formula is C16H24N2O4S. The molecule has 6 nitrogen and oxygen atoms in total. The van der Waals surface area contributed by atoms with Crippen LogP contribution in [0, 0.1) is 0 Å². The number of hydrogen-bond donors (Lipinski definition) is 2. The number of rotatable bonds is 6. The van der Waals surface area contributed by atoms with Gasteiger partial charge in [-0.2, -0.15) is 0 Å². The number of nitrogens with one attached hydrogen (secondary N) is 2. The zero-order valence-corrected chi connectivity index (χ0v) is 14.7. The van der Waals surface area contributed by atoms with Crippen molar-refractivity contribution in [2.24, 2.45) is 0 Å². The molecule has 0 saturated carbocycles. The molecule has 2 amide bonds. The van der Waals surface area contributed by atoms with Crippen LogP contribution in [-0.4, -0.2) is 40.1 Å². The van der Waals surface area contributed by atoms with Crippen LogP contribution in [0.2, 0.25) is 0 Å². The minimum atomic E-state index is -1.16. The molecule has 0 aliphatic heterocycles. The summed E-state index contributed by atoms with van der Waals surface area (Å²) in [4.78, 5) is 24.2. The lowest BCUT2D eigenvalue weighted by molar-refractivity contribution is -0.122. The molecule has 2 atom stereocenters. The summed E-state index contributed by atoms with van der Waals surface area (Å²) in [5.74, 6) is -0.0320. The van der Waals surface area contributed by atoms with Crippen LogP contribution in [0.25, 0.3) is 0 Å². The number of carbonyl (C=O) groups excluding carboxylic acids is 2. The van der Waals surface area contributed by atoms with Crippen molar-refractivity contribution in [3.8, 4) is 0 Å². The molecule has 0 saturated heterocycles. The van der Waals surface area contributed by atoms with Crippen molar-refractivity contribution in [1.82, 2.24) is 10.6 Å². The molecule has 7 heteroatoms. The number of carbonyl (C=O) groups is 2. The topological polar surface area (TPSA) is 84.5 Å². The Hall–Kier alpha value is -1.89. The lowest BCUT2D eigenvalue weighted by Crippen LogP contribution is -2.47. The maximum absolute atomic E-state index is 12.0. The molecule has 0 spiro atoms. The summed E-state index contributed by atoms with van der Waals surface area (Å²) < 4.78 is 17.1. The number of ether oxygens (including phenoxy) is 1. The second kappa shape index (κ2) is 8.67. The Balaban J connectivity index is 2.33. The van der Waals surface area contributed by atoms with Crippen LogP contribution in [0.5, 0.6) is 0 Å². The van der Waals surface area contributed by atoms with Gasteiger partial charge in [-0.1, -0.05) is 18.2 Å². The monoisotopic (exact) mass is 340 g/mol. The summed E-state index contributed by atoms with van der Waals surface area (Å²) in [7, 11) is -1.16. The van der Waals surface area contributed by atoms with Crippen LogP contribution >= 0.6 is 0 Å². The van der Waals surface area contributed by atoms with Gasteiger partial charge in [0.2, 0.25) is 5.91 Å². The Labute approximate surface area is 139 Å². The van der Waals surface area contributed by atoms with Crippen molar-refractivity contribution in [3.63, 3.8) is 0 Å². The quantitative estimate of drug-likeness (QED) is 0.827. The summed E-state index contributed by atoms with van der Waals surface area (Å²) in [6.07, 6.45) is -0.645. The van der Waals surface area contributed by atoms with E-state index in [0.717, 1.165) is 4.90 Å². The van der Waals surface area contributed by atoms with Crippen molar-refractivity contribution in [2.75, 3.05) is 12.3 Å². The van der Waals surface area contributed by atoms with E-state index < -0.39 is 28.5 Å². The average molecular weight is 340 g/mol. The number of hydrogen-bond acceptors (Lipinski definition) is 4. The van der Waals surface area contributed by atoms with Crippen LogP contribution in [0.15, 0.2) is 35.2 Å². The van der Waals surface area contributed by atoms with Gasteiger partial charge in [-0.05, 0) is 39.8 Å². The molecule has 0 radical (unpaired) electrons. The molecule has 0 heterocycles. The van der Waals surface area contributed by atoms with E-state index in [-0.39, 0.29) is 12.5 Å². The third kappa shape index (κ3) is 7.78. The van der Waals surface area contributed by atoms with Gasteiger partial charge in [0.05, 0.1) is 10.8 Å². The van der Waals surface area contributed by atoms with Crippen molar-refractivity contribution in [3.05, 3.63) is 30.3 Å². The first kappa shape index (κ1) is 19.2. The standard InChI is InChI=1S/C16H24N2O4S/c1-12(18-15(20)22-16(2,3)4)14(19)17-10-11-23(21)13-8-6-5-7-9-13/h5-9,12H,10-11H2,1-4H3,(H,17,19)(H,18,20)/t12-,23+/m1/s1. The average Bonchev–Trinajstić information content (AvgIpc) is 2.45. The minimum Gasteiger partial charge on any atom is -0.444 e. The van der Waals surface area contributed by atoms with Crippen LogP contribution in [0.1, 0.15) is 27.7 Å². The molecule has 0 aliphatic rings. The van der Waals surface area contributed by atoms with Crippen molar-refractivity contribution >= 4 is 22.8 Å². The number of amides is 2. The van der Waals surface area contributed by atoms with E-state index in [1.807, 2.05) is 18.2 Å². The van der Waals surface area contributed by atoms with Crippen molar-refractivity contribution < 1.29 is 18.5 Å². The maximum Gasteiger partial charge on any atom is 0.408 e. The highest BCUT2D eigenvalue weighted by Gasteiger charge is 2.20. The van der Waals surface area contributed by atoms with Gasteiger partial charge in [0.15, 0.2) is 0 Å². The zero-order valence-electron chi connectivity index (χ0n) is 13.9. The van der Waals surface area contributed by atoms with Crippen LogP contribution < -0.4 is 10.6 Å². The normalized spacial score (nSPS) is 13.7. The van der Waals surface area contributed by atoms with Gasteiger partial charge in [0.1, 0.15) is 11.6 Å². The van der Waals surface area contributed by atoms with E-state index in [2.05, 4.69) is 10.6 Å². The first-order valence-electron chi connectivity index (χ1n) is 7.39. The highest BCUT2D eigenvalue weighted by molar-refractivity contribution is 7.85. The Bertz CT molecular complexity index is 555. The van der Waals surface area contributed by atoms with Gasteiger partial charge < -0.3 is 15.4 Å². The van der Waals surface area contributed by atoms with Gasteiger partial charge in [0.25, 0.3) is 0 Å². The molecule has 0 unspecified atom stereocenters. The van der Waals surface area contributed by atoms with E-state index in [1.165, 1.54) is 0 Å². The van der Waals surface area contributed by atoms with E-state index >= 15 is 0 Å². The van der Waals surface area contributed by atoms with Crippen LogP contribution in [0.3, 0.4) is 0 Å². The lowest BCUT2D eigenvalue weighted by atomic mass is 10.2. The SMILES string of the molecule is C[C@@H](NC(=O)OC(C)(C)C)C(=O)NCC[S@](=O)c1ccccc1. The molecule has 1 aromatic rings. The number of benzene rings is 1. The smallest absolute Gasteiger partial charge is 0.408 e. The van der Waals surface area contributed by atoms with Gasteiger partial charge in [-0.15, -0.1) is 0 Å². The van der Waals surface area contributed by atoms with Gasteiger partial charge in [-0.3, -0.25) is 9.00 Å². The molecule has 1 rings (SSSR count). The molecule has 2 N–H and O–H groups in total. The molecule has 0 aromatic heterocycles. The zero-order chi connectivity index (χ0) is 17.5. The summed E-state index contributed by atoms with van der Waals surface area (Å²) >= 11 is 0. The molecule has 0 fully saturated rings. The fraction of sp³-hybridized carbons (Fsp3) is 0.500. The summed E-state index contributed by atoms with van der Waals surface area (Å²) in [6.45, 7) is 7.07.